The highest BCUT2D eigenvalue weighted by molar-refractivity contribution is 6.34. The van der Waals surface area contributed by atoms with Crippen LogP contribution in [-0.4, -0.2) is 17.5 Å². The molecular formula is C14H10Cl2N2O. The lowest BCUT2D eigenvalue weighted by Crippen LogP contribution is -1.98. The van der Waals surface area contributed by atoms with Crippen LogP contribution in [0.25, 0.3) is 11.1 Å². The van der Waals surface area contributed by atoms with E-state index < -0.39 is 0 Å². The molecule has 3 nitrogen and oxygen atoms in total. The van der Waals surface area contributed by atoms with Crippen molar-refractivity contribution >= 4 is 23.2 Å². The van der Waals surface area contributed by atoms with E-state index in [9.17, 15) is 0 Å². The number of hydrogen-bond acceptors (Lipinski definition) is 3. The fraction of sp³-hybridized carbons (Fsp3) is 0.143. The molecular weight excluding hydrogens is 283 g/mol. The Kier molecular flexibility index (Phi) is 4.62. The molecule has 0 aliphatic rings. The quantitative estimate of drug-likeness (QED) is 0.803. The van der Waals surface area contributed by atoms with Gasteiger partial charge in [-0.2, -0.15) is 5.26 Å². The summed E-state index contributed by atoms with van der Waals surface area (Å²) in [6.07, 6.45) is 3.07. The van der Waals surface area contributed by atoms with E-state index in [0.29, 0.717) is 34.4 Å². The number of pyridine rings is 1. The molecule has 0 spiro atoms. The Morgan fingerprint density at radius 2 is 2.16 bits per heavy atom. The molecule has 0 N–H and O–H groups in total. The van der Waals surface area contributed by atoms with Crippen molar-refractivity contribution in [3.63, 3.8) is 0 Å². The van der Waals surface area contributed by atoms with Gasteiger partial charge in [0.1, 0.15) is 18.4 Å². The smallest absolute Gasteiger partial charge is 0.119 e. The Balaban J connectivity index is 2.39. The Labute approximate surface area is 121 Å². The molecule has 0 atom stereocenters. The zero-order chi connectivity index (χ0) is 13.7. The Morgan fingerprint density at radius 1 is 1.32 bits per heavy atom. The normalized spacial score (nSPS) is 9.95. The molecule has 96 valence electrons. The van der Waals surface area contributed by atoms with Crippen LogP contribution in [0.4, 0.5) is 0 Å². The van der Waals surface area contributed by atoms with Gasteiger partial charge in [0.15, 0.2) is 0 Å². The topological polar surface area (TPSA) is 45.9 Å². The van der Waals surface area contributed by atoms with E-state index in [0.717, 1.165) is 5.56 Å². The maximum Gasteiger partial charge on any atom is 0.119 e. The SMILES string of the molecule is N#Cc1cncc(-c2cccc(OCCCl)c2)c1Cl. The van der Waals surface area contributed by atoms with Crippen LogP contribution in [0.5, 0.6) is 5.75 Å². The van der Waals surface area contributed by atoms with Crippen LogP contribution >= 0.6 is 23.2 Å². The minimum absolute atomic E-state index is 0.353. The molecule has 0 amide bonds. The van der Waals surface area contributed by atoms with Crippen LogP contribution in [0.15, 0.2) is 36.7 Å². The predicted octanol–water partition coefficient (Wildman–Crippen LogP) is 3.89. The third-order valence-electron chi connectivity index (χ3n) is 2.49. The summed E-state index contributed by atoms with van der Waals surface area (Å²) in [5.41, 5.74) is 1.91. The molecule has 0 aliphatic carbocycles. The summed E-state index contributed by atoms with van der Waals surface area (Å²) >= 11 is 11.8. The van der Waals surface area contributed by atoms with E-state index in [4.69, 9.17) is 33.2 Å². The van der Waals surface area contributed by atoms with Crippen LogP contribution in [0, 0.1) is 11.3 Å². The number of nitrogens with zero attached hydrogens (tertiary/aromatic N) is 2. The summed E-state index contributed by atoms with van der Waals surface area (Å²) in [5.74, 6) is 1.13. The molecule has 0 saturated heterocycles. The summed E-state index contributed by atoms with van der Waals surface area (Å²) < 4.78 is 5.45. The fourth-order valence-electron chi connectivity index (χ4n) is 1.63. The zero-order valence-corrected chi connectivity index (χ0v) is 11.4. The van der Waals surface area contributed by atoms with E-state index in [2.05, 4.69) is 4.98 Å². The maximum atomic E-state index is 8.95. The van der Waals surface area contributed by atoms with E-state index in [1.165, 1.54) is 6.20 Å². The molecule has 0 radical (unpaired) electrons. The summed E-state index contributed by atoms with van der Waals surface area (Å²) in [5, 5.41) is 9.34. The molecule has 19 heavy (non-hydrogen) atoms. The van der Waals surface area contributed by atoms with Crippen LogP contribution in [-0.2, 0) is 0 Å². The van der Waals surface area contributed by atoms with Crippen LogP contribution in [0.1, 0.15) is 5.56 Å². The van der Waals surface area contributed by atoms with Gasteiger partial charge in [0.25, 0.3) is 0 Å². The lowest BCUT2D eigenvalue weighted by atomic mass is 10.1. The van der Waals surface area contributed by atoms with Gasteiger partial charge in [0.2, 0.25) is 0 Å². The molecule has 0 unspecified atom stereocenters. The lowest BCUT2D eigenvalue weighted by Gasteiger charge is -2.08. The molecule has 0 saturated carbocycles. The molecule has 2 rings (SSSR count). The predicted molar refractivity (Wildman–Crippen MR) is 75.6 cm³/mol. The highest BCUT2D eigenvalue weighted by Crippen LogP contribution is 2.31. The van der Waals surface area contributed by atoms with Gasteiger partial charge >= 0.3 is 0 Å². The van der Waals surface area contributed by atoms with Crippen molar-refractivity contribution in [1.82, 2.24) is 4.98 Å². The lowest BCUT2D eigenvalue weighted by molar-refractivity contribution is 0.343. The number of rotatable bonds is 4. The Bertz CT molecular complexity index is 623. The maximum absolute atomic E-state index is 8.95. The van der Waals surface area contributed by atoms with Gasteiger partial charge in [-0.05, 0) is 17.7 Å². The van der Waals surface area contributed by atoms with Crippen molar-refractivity contribution in [2.45, 2.75) is 0 Å². The first-order chi connectivity index (χ1) is 9.26. The van der Waals surface area contributed by atoms with Gasteiger partial charge in [-0.1, -0.05) is 23.7 Å². The number of halogens is 2. The first-order valence-corrected chi connectivity index (χ1v) is 6.50. The van der Waals surface area contributed by atoms with Crippen LogP contribution in [0.2, 0.25) is 5.02 Å². The van der Waals surface area contributed by atoms with Crippen molar-refractivity contribution in [3.05, 3.63) is 47.2 Å². The minimum atomic E-state index is 0.353. The van der Waals surface area contributed by atoms with Gasteiger partial charge in [-0.15, -0.1) is 11.6 Å². The highest BCUT2D eigenvalue weighted by Gasteiger charge is 2.09. The van der Waals surface area contributed by atoms with Crippen LogP contribution < -0.4 is 4.74 Å². The van der Waals surface area contributed by atoms with Gasteiger partial charge < -0.3 is 4.74 Å². The van der Waals surface area contributed by atoms with Crippen molar-refractivity contribution < 1.29 is 4.74 Å². The molecule has 0 aliphatic heterocycles. The number of aromatic nitrogens is 1. The van der Waals surface area contributed by atoms with Crippen molar-refractivity contribution in [3.8, 4) is 22.9 Å². The van der Waals surface area contributed by atoms with E-state index >= 15 is 0 Å². The second-order valence-electron chi connectivity index (χ2n) is 3.73. The standard InChI is InChI=1S/C14H10Cl2N2O/c15-4-5-19-12-3-1-2-10(6-12)13-9-18-8-11(7-17)14(13)16/h1-3,6,8-9H,4-5H2. The van der Waals surface area contributed by atoms with Gasteiger partial charge in [-0.3, -0.25) is 4.98 Å². The van der Waals surface area contributed by atoms with Gasteiger partial charge in [-0.25, -0.2) is 0 Å². The van der Waals surface area contributed by atoms with Crippen molar-refractivity contribution in [1.29, 1.82) is 5.26 Å². The summed E-state index contributed by atoms with van der Waals surface area (Å²) in [7, 11) is 0. The molecule has 2 aromatic rings. The third kappa shape index (κ3) is 3.17. The Morgan fingerprint density at radius 3 is 2.89 bits per heavy atom. The second kappa shape index (κ2) is 6.42. The highest BCUT2D eigenvalue weighted by atomic mass is 35.5. The number of nitriles is 1. The molecule has 1 heterocycles. The van der Waals surface area contributed by atoms with E-state index in [1.54, 1.807) is 6.20 Å². The number of benzene rings is 1. The molecule has 0 fully saturated rings. The van der Waals surface area contributed by atoms with E-state index in [1.807, 2.05) is 30.3 Å². The average molecular weight is 293 g/mol. The molecule has 1 aromatic carbocycles. The van der Waals surface area contributed by atoms with Gasteiger partial charge in [0.05, 0.1) is 16.5 Å². The fourth-order valence-corrected chi connectivity index (χ4v) is 1.96. The van der Waals surface area contributed by atoms with Crippen molar-refractivity contribution in [2.24, 2.45) is 0 Å². The van der Waals surface area contributed by atoms with E-state index in [-0.39, 0.29) is 0 Å². The number of ether oxygens (including phenoxy) is 1. The van der Waals surface area contributed by atoms with Crippen molar-refractivity contribution in [2.75, 3.05) is 12.5 Å². The minimum Gasteiger partial charge on any atom is -0.492 e. The van der Waals surface area contributed by atoms with Crippen LogP contribution in [0.3, 0.4) is 0 Å². The summed E-state index contributed by atoms with van der Waals surface area (Å²) in [6, 6.07) is 9.44. The second-order valence-corrected chi connectivity index (χ2v) is 4.48. The molecule has 5 heteroatoms. The largest absolute Gasteiger partial charge is 0.492 e. The first kappa shape index (κ1) is 13.7. The van der Waals surface area contributed by atoms with Gasteiger partial charge in [0, 0.05) is 18.0 Å². The molecule has 0 bridgehead atoms. The first-order valence-electron chi connectivity index (χ1n) is 5.59. The third-order valence-corrected chi connectivity index (χ3v) is 3.05. The average Bonchev–Trinajstić information content (AvgIpc) is 2.45. The number of alkyl halides is 1. The number of hydrogen-bond donors (Lipinski definition) is 0. The monoisotopic (exact) mass is 292 g/mol. The summed E-state index contributed by atoms with van der Waals surface area (Å²) in [6.45, 7) is 0.440. The molecule has 1 aromatic heterocycles. The zero-order valence-electron chi connectivity index (χ0n) is 9.94. The Hall–Kier alpha value is -1.76. The summed E-state index contributed by atoms with van der Waals surface area (Å²) in [4.78, 5) is 4.02.